The lowest BCUT2D eigenvalue weighted by Crippen LogP contribution is -2.52. The van der Waals surface area contributed by atoms with Crippen LogP contribution in [0.5, 0.6) is 0 Å². The number of rotatable bonds is 2. The molecule has 0 unspecified atom stereocenters. The van der Waals surface area contributed by atoms with Crippen LogP contribution in [0.2, 0.25) is 0 Å². The Morgan fingerprint density at radius 3 is 1.90 bits per heavy atom. The summed E-state index contributed by atoms with van der Waals surface area (Å²) in [4.78, 5) is 5.14. The Morgan fingerprint density at radius 2 is 1.38 bits per heavy atom. The Balaban J connectivity index is 1.52. The van der Waals surface area contributed by atoms with Crippen molar-refractivity contribution in [2.24, 2.45) is 40.4 Å². The average Bonchev–Trinajstić information content (AvgIpc) is 2.73. The fourth-order valence-corrected chi connectivity index (χ4v) is 6.17. The number of hydrazine groups is 1. The molecule has 0 amide bonds. The molecule has 5 aliphatic rings. The zero-order valence-electron chi connectivity index (χ0n) is 13.3. The first-order valence-corrected chi connectivity index (χ1v) is 9.37. The van der Waals surface area contributed by atoms with Crippen molar-refractivity contribution in [1.82, 2.24) is 5.43 Å². The van der Waals surface area contributed by atoms with Crippen LogP contribution in [0, 0.1) is 29.6 Å². The first-order valence-electron chi connectivity index (χ1n) is 9.37. The van der Waals surface area contributed by atoms with Crippen molar-refractivity contribution < 1.29 is 0 Å². The first kappa shape index (κ1) is 14.0. The molecule has 0 radical (unpaired) electrons. The third-order valence-corrected chi connectivity index (χ3v) is 6.84. The molecule has 5 fully saturated rings. The highest BCUT2D eigenvalue weighted by Crippen LogP contribution is 2.56. The number of amidine groups is 1. The number of hydrogen-bond acceptors (Lipinski definition) is 2. The lowest BCUT2D eigenvalue weighted by atomic mass is 9.51. The van der Waals surface area contributed by atoms with Crippen LogP contribution in [-0.2, 0) is 0 Å². The highest BCUT2D eigenvalue weighted by Gasteiger charge is 2.49. The van der Waals surface area contributed by atoms with Gasteiger partial charge in [-0.25, -0.2) is 5.84 Å². The summed E-state index contributed by atoms with van der Waals surface area (Å²) < 4.78 is 0. The summed E-state index contributed by atoms with van der Waals surface area (Å²) >= 11 is 0. The number of nitrogens with two attached hydrogens (primary N) is 1. The molecule has 3 nitrogen and oxygen atoms in total. The van der Waals surface area contributed by atoms with E-state index in [4.69, 9.17) is 10.8 Å². The highest BCUT2D eigenvalue weighted by molar-refractivity contribution is 5.85. The van der Waals surface area contributed by atoms with Crippen LogP contribution in [0.25, 0.3) is 0 Å². The zero-order valence-corrected chi connectivity index (χ0v) is 13.3. The van der Waals surface area contributed by atoms with Crippen LogP contribution in [0.1, 0.15) is 70.6 Å². The van der Waals surface area contributed by atoms with Crippen LogP contribution in [0.15, 0.2) is 4.99 Å². The van der Waals surface area contributed by atoms with E-state index in [1.54, 1.807) is 0 Å². The van der Waals surface area contributed by atoms with Crippen molar-refractivity contribution >= 4 is 5.84 Å². The third kappa shape index (κ3) is 2.74. The Bertz CT molecular complexity index is 367. The van der Waals surface area contributed by atoms with E-state index in [1.807, 2.05) is 0 Å². The fraction of sp³-hybridized carbons (Fsp3) is 0.944. The molecule has 5 saturated carbocycles. The summed E-state index contributed by atoms with van der Waals surface area (Å²) in [6.45, 7) is 0. The topological polar surface area (TPSA) is 50.4 Å². The van der Waals surface area contributed by atoms with Gasteiger partial charge < -0.3 is 5.43 Å². The number of nitrogens with one attached hydrogen (secondary N) is 1. The Morgan fingerprint density at radius 1 is 0.810 bits per heavy atom. The maximum absolute atomic E-state index is 5.93. The van der Waals surface area contributed by atoms with Gasteiger partial charge in [0.2, 0.25) is 0 Å². The normalized spacial score (nSPS) is 43.9. The van der Waals surface area contributed by atoms with Gasteiger partial charge in [-0.15, -0.1) is 0 Å². The number of nitrogens with zero attached hydrogens (tertiary/aromatic N) is 1. The SMILES string of the molecule is NNC(=NC1CCCCCC1)C1C2CC3CC(C2)CC1C3. The summed E-state index contributed by atoms with van der Waals surface area (Å²) in [5.74, 6) is 11.6. The molecule has 0 aromatic rings. The van der Waals surface area contributed by atoms with Crippen molar-refractivity contribution in [1.29, 1.82) is 0 Å². The molecule has 0 saturated heterocycles. The third-order valence-electron chi connectivity index (χ3n) is 6.84. The van der Waals surface area contributed by atoms with Gasteiger partial charge in [0, 0.05) is 5.92 Å². The molecule has 5 aliphatic carbocycles. The van der Waals surface area contributed by atoms with Gasteiger partial charge in [-0.3, -0.25) is 4.99 Å². The molecule has 0 aromatic carbocycles. The lowest BCUT2D eigenvalue weighted by molar-refractivity contribution is -0.00963. The maximum Gasteiger partial charge on any atom is 0.114 e. The quantitative estimate of drug-likeness (QED) is 0.268. The summed E-state index contributed by atoms with van der Waals surface area (Å²) in [7, 11) is 0. The minimum Gasteiger partial charge on any atom is -0.312 e. The molecular formula is C18H31N3. The highest BCUT2D eigenvalue weighted by atomic mass is 15.3. The van der Waals surface area contributed by atoms with Gasteiger partial charge in [0.15, 0.2) is 0 Å². The van der Waals surface area contributed by atoms with Gasteiger partial charge >= 0.3 is 0 Å². The van der Waals surface area contributed by atoms with E-state index < -0.39 is 0 Å². The lowest BCUT2D eigenvalue weighted by Gasteiger charge is -2.54. The number of aliphatic imine (C=N–C) groups is 1. The van der Waals surface area contributed by atoms with E-state index in [-0.39, 0.29) is 0 Å². The van der Waals surface area contributed by atoms with Crippen molar-refractivity contribution in [3.63, 3.8) is 0 Å². The van der Waals surface area contributed by atoms with E-state index in [9.17, 15) is 0 Å². The van der Waals surface area contributed by atoms with Crippen molar-refractivity contribution in [3.05, 3.63) is 0 Å². The molecule has 0 aromatic heterocycles. The summed E-state index contributed by atoms with van der Waals surface area (Å²) in [6, 6.07) is 0.538. The second-order valence-electron chi connectivity index (χ2n) is 8.26. The predicted molar refractivity (Wildman–Crippen MR) is 86.8 cm³/mol. The molecule has 4 bridgehead atoms. The van der Waals surface area contributed by atoms with Crippen molar-refractivity contribution in [2.45, 2.75) is 76.7 Å². The fourth-order valence-electron chi connectivity index (χ4n) is 6.17. The monoisotopic (exact) mass is 289 g/mol. The van der Waals surface area contributed by atoms with Gasteiger partial charge in [0.05, 0.1) is 6.04 Å². The molecule has 0 heterocycles. The van der Waals surface area contributed by atoms with E-state index in [2.05, 4.69) is 5.43 Å². The largest absolute Gasteiger partial charge is 0.312 e. The molecule has 0 spiro atoms. The standard InChI is InChI=1S/C18H31N3/c19-21-18(20-16-5-3-1-2-4-6-16)17-14-8-12-7-13(10-14)11-15(17)9-12/h12-17H,1-11,19H2,(H,20,21). The Hall–Kier alpha value is -0.570. The molecule has 0 atom stereocenters. The molecular weight excluding hydrogens is 258 g/mol. The van der Waals surface area contributed by atoms with E-state index in [1.165, 1.54) is 76.5 Å². The molecule has 21 heavy (non-hydrogen) atoms. The zero-order chi connectivity index (χ0) is 14.2. The van der Waals surface area contributed by atoms with Gasteiger partial charge in [-0.05, 0) is 68.6 Å². The van der Waals surface area contributed by atoms with Crippen molar-refractivity contribution in [2.75, 3.05) is 0 Å². The van der Waals surface area contributed by atoms with Gasteiger partial charge in [0.1, 0.15) is 5.84 Å². The van der Waals surface area contributed by atoms with Crippen LogP contribution in [0.3, 0.4) is 0 Å². The Labute approximate surface area is 129 Å². The Kier molecular flexibility index (Phi) is 3.95. The molecule has 0 aliphatic heterocycles. The summed E-state index contributed by atoms with van der Waals surface area (Å²) in [6.07, 6.45) is 15.4. The summed E-state index contributed by atoms with van der Waals surface area (Å²) in [5.41, 5.74) is 3.05. The minimum absolute atomic E-state index is 0.538. The first-order chi connectivity index (χ1) is 10.3. The van der Waals surface area contributed by atoms with E-state index in [0.717, 1.165) is 23.7 Å². The molecule has 5 rings (SSSR count). The molecule has 3 heteroatoms. The average molecular weight is 289 g/mol. The van der Waals surface area contributed by atoms with Crippen molar-refractivity contribution in [3.8, 4) is 0 Å². The maximum atomic E-state index is 5.93. The predicted octanol–water partition coefficient (Wildman–Crippen LogP) is 3.64. The van der Waals surface area contributed by atoms with E-state index in [0.29, 0.717) is 12.0 Å². The molecule has 3 N–H and O–H groups in total. The van der Waals surface area contributed by atoms with Crippen LogP contribution < -0.4 is 11.3 Å². The van der Waals surface area contributed by atoms with Crippen LogP contribution in [0.4, 0.5) is 0 Å². The van der Waals surface area contributed by atoms with Gasteiger partial charge in [-0.2, -0.15) is 0 Å². The van der Waals surface area contributed by atoms with Gasteiger partial charge in [0.25, 0.3) is 0 Å². The number of hydrogen-bond donors (Lipinski definition) is 2. The van der Waals surface area contributed by atoms with Gasteiger partial charge in [-0.1, -0.05) is 25.7 Å². The second-order valence-corrected chi connectivity index (χ2v) is 8.26. The molecule has 118 valence electrons. The minimum atomic E-state index is 0.538. The van der Waals surface area contributed by atoms with E-state index >= 15 is 0 Å². The smallest absolute Gasteiger partial charge is 0.114 e. The summed E-state index contributed by atoms with van der Waals surface area (Å²) in [5, 5.41) is 0. The van der Waals surface area contributed by atoms with Crippen LogP contribution >= 0.6 is 0 Å². The second kappa shape index (κ2) is 5.91. The van der Waals surface area contributed by atoms with Crippen LogP contribution in [-0.4, -0.2) is 11.9 Å².